The van der Waals surface area contributed by atoms with Crippen LogP contribution in [0.15, 0.2) is 24.5 Å². The molecule has 0 aromatic carbocycles. The smallest absolute Gasteiger partial charge is 0.242 e. The van der Waals surface area contributed by atoms with Gasteiger partial charge in [0.2, 0.25) is 5.91 Å². The molecule has 1 amide bonds. The Balaban J connectivity index is 1.57. The summed E-state index contributed by atoms with van der Waals surface area (Å²) < 4.78 is 5.34. The van der Waals surface area contributed by atoms with Gasteiger partial charge in [0.05, 0.1) is 5.54 Å². The minimum absolute atomic E-state index is 0.0921. The van der Waals surface area contributed by atoms with Gasteiger partial charge in [0.25, 0.3) is 0 Å². The van der Waals surface area contributed by atoms with E-state index in [1.165, 1.54) is 5.56 Å². The molecule has 3 rings (SSSR count). The number of nitrogens with zero attached hydrogens (tertiary/aromatic N) is 3. The molecule has 2 aliphatic rings. The third kappa shape index (κ3) is 3.54. The van der Waals surface area contributed by atoms with Crippen molar-refractivity contribution in [3.63, 3.8) is 0 Å². The number of hydrogen-bond donors (Lipinski definition) is 1. The molecule has 2 N–H and O–H groups in total. The van der Waals surface area contributed by atoms with Crippen LogP contribution in [0, 0.1) is 0 Å². The summed E-state index contributed by atoms with van der Waals surface area (Å²) in [6.45, 7) is 6.58. The van der Waals surface area contributed by atoms with E-state index in [1.54, 1.807) is 6.20 Å². The lowest BCUT2D eigenvalue weighted by atomic mass is 9.89. The highest BCUT2D eigenvalue weighted by molar-refractivity contribution is 5.86. The summed E-state index contributed by atoms with van der Waals surface area (Å²) >= 11 is 0. The summed E-state index contributed by atoms with van der Waals surface area (Å²) in [6.07, 6.45) is 4.96. The number of piperazine rings is 1. The summed E-state index contributed by atoms with van der Waals surface area (Å²) in [5.41, 5.74) is 6.81. The summed E-state index contributed by atoms with van der Waals surface area (Å²) in [6, 6.07) is 4.39. The highest BCUT2D eigenvalue weighted by atomic mass is 16.5. The molecule has 0 spiro atoms. The van der Waals surface area contributed by atoms with Gasteiger partial charge in [-0.25, -0.2) is 0 Å². The van der Waals surface area contributed by atoms with Crippen LogP contribution >= 0.6 is 0 Å². The molecule has 2 aliphatic heterocycles. The molecule has 1 unspecified atom stereocenters. The van der Waals surface area contributed by atoms with Crippen LogP contribution in [0.25, 0.3) is 0 Å². The van der Waals surface area contributed by atoms with Crippen molar-refractivity contribution in [2.75, 3.05) is 39.4 Å². The van der Waals surface area contributed by atoms with Gasteiger partial charge in [-0.2, -0.15) is 0 Å². The van der Waals surface area contributed by atoms with Crippen molar-refractivity contribution < 1.29 is 9.53 Å². The number of ether oxygens (including phenoxy) is 1. The molecule has 0 bridgehead atoms. The number of carbonyl (C=O) groups is 1. The molecule has 0 aliphatic carbocycles. The van der Waals surface area contributed by atoms with Crippen molar-refractivity contribution in [3.05, 3.63) is 30.1 Å². The zero-order valence-corrected chi connectivity index (χ0v) is 13.8. The molecule has 0 saturated carbocycles. The van der Waals surface area contributed by atoms with Gasteiger partial charge in [0.1, 0.15) is 0 Å². The lowest BCUT2D eigenvalue weighted by molar-refractivity contribution is -0.142. The fourth-order valence-electron chi connectivity index (χ4n) is 3.41. The zero-order valence-electron chi connectivity index (χ0n) is 13.8. The minimum Gasteiger partial charge on any atom is -0.381 e. The van der Waals surface area contributed by atoms with Gasteiger partial charge in [-0.3, -0.25) is 14.7 Å². The van der Waals surface area contributed by atoms with Crippen molar-refractivity contribution in [3.8, 4) is 0 Å². The van der Waals surface area contributed by atoms with Gasteiger partial charge in [0, 0.05) is 57.8 Å². The monoisotopic (exact) mass is 318 g/mol. The Kier molecular flexibility index (Phi) is 4.94. The molecule has 6 heteroatoms. The Labute approximate surface area is 137 Å². The maximum absolute atomic E-state index is 12.7. The molecule has 126 valence electrons. The predicted molar refractivity (Wildman–Crippen MR) is 87.8 cm³/mol. The first-order valence-electron chi connectivity index (χ1n) is 8.40. The number of aromatic nitrogens is 1. The number of carbonyl (C=O) groups excluding carboxylic acids is 1. The van der Waals surface area contributed by atoms with E-state index in [-0.39, 0.29) is 5.91 Å². The van der Waals surface area contributed by atoms with Crippen LogP contribution in [0.3, 0.4) is 0 Å². The van der Waals surface area contributed by atoms with Crippen LogP contribution in [-0.2, 0) is 9.53 Å². The van der Waals surface area contributed by atoms with Crippen LogP contribution in [0.1, 0.15) is 31.4 Å². The topological polar surface area (TPSA) is 71.7 Å². The Hall–Kier alpha value is -1.50. The molecule has 0 radical (unpaired) electrons. The highest BCUT2D eigenvalue weighted by Crippen LogP contribution is 2.24. The van der Waals surface area contributed by atoms with E-state index in [0.29, 0.717) is 32.1 Å². The molecule has 1 aromatic heterocycles. The van der Waals surface area contributed by atoms with Gasteiger partial charge in [-0.05, 0) is 31.4 Å². The normalized spacial score (nSPS) is 23.5. The Morgan fingerprint density at radius 3 is 2.61 bits per heavy atom. The quantitative estimate of drug-likeness (QED) is 0.892. The Morgan fingerprint density at radius 2 is 2.00 bits per heavy atom. The van der Waals surface area contributed by atoms with Gasteiger partial charge in [-0.15, -0.1) is 0 Å². The highest BCUT2D eigenvalue weighted by Gasteiger charge is 2.40. The molecule has 2 saturated heterocycles. The third-order valence-corrected chi connectivity index (χ3v) is 5.13. The van der Waals surface area contributed by atoms with Crippen LogP contribution < -0.4 is 5.73 Å². The first kappa shape index (κ1) is 16.4. The van der Waals surface area contributed by atoms with Crippen molar-refractivity contribution in [1.82, 2.24) is 14.8 Å². The Morgan fingerprint density at radius 1 is 1.30 bits per heavy atom. The summed E-state index contributed by atoms with van der Waals surface area (Å²) in [7, 11) is 0. The molecule has 1 aromatic rings. The van der Waals surface area contributed by atoms with Crippen molar-refractivity contribution in [2.45, 2.75) is 31.3 Å². The van der Waals surface area contributed by atoms with Crippen LogP contribution in [0.4, 0.5) is 0 Å². The van der Waals surface area contributed by atoms with Gasteiger partial charge in [0.15, 0.2) is 0 Å². The molecule has 23 heavy (non-hydrogen) atoms. The van der Waals surface area contributed by atoms with Crippen molar-refractivity contribution >= 4 is 5.91 Å². The van der Waals surface area contributed by atoms with E-state index < -0.39 is 5.54 Å². The average molecular weight is 318 g/mol. The fourth-order valence-corrected chi connectivity index (χ4v) is 3.41. The molecule has 6 nitrogen and oxygen atoms in total. The Bertz CT molecular complexity index is 523. The second-order valence-corrected chi connectivity index (χ2v) is 6.56. The number of amides is 1. The largest absolute Gasteiger partial charge is 0.381 e. The maximum atomic E-state index is 12.7. The minimum atomic E-state index is -0.727. The molecule has 1 atom stereocenters. The average Bonchev–Trinajstić information content (AvgIpc) is 2.62. The fraction of sp³-hybridized carbons (Fsp3) is 0.647. The first-order valence-corrected chi connectivity index (χ1v) is 8.40. The predicted octanol–water partition coefficient (Wildman–Crippen LogP) is 0.795. The van der Waals surface area contributed by atoms with Crippen LogP contribution in [0.5, 0.6) is 0 Å². The summed E-state index contributed by atoms with van der Waals surface area (Å²) in [5, 5.41) is 0. The van der Waals surface area contributed by atoms with E-state index in [2.05, 4.69) is 22.9 Å². The van der Waals surface area contributed by atoms with E-state index in [0.717, 1.165) is 26.2 Å². The number of nitrogens with two attached hydrogens (primary N) is 1. The third-order valence-electron chi connectivity index (χ3n) is 5.13. The summed E-state index contributed by atoms with van der Waals surface area (Å²) in [4.78, 5) is 21.3. The van der Waals surface area contributed by atoms with Gasteiger partial charge < -0.3 is 15.4 Å². The van der Waals surface area contributed by atoms with Crippen molar-refractivity contribution in [2.24, 2.45) is 5.73 Å². The van der Waals surface area contributed by atoms with Gasteiger partial charge in [-0.1, -0.05) is 6.07 Å². The second-order valence-electron chi connectivity index (χ2n) is 6.56. The maximum Gasteiger partial charge on any atom is 0.242 e. The van der Waals surface area contributed by atoms with E-state index >= 15 is 0 Å². The SMILES string of the molecule is CC(c1cccnc1)N1CCN(C(=O)C2(N)CCOCC2)CC1. The lowest BCUT2D eigenvalue weighted by Gasteiger charge is -2.42. The number of hydrogen-bond acceptors (Lipinski definition) is 5. The van der Waals surface area contributed by atoms with E-state index in [4.69, 9.17) is 10.5 Å². The summed E-state index contributed by atoms with van der Waals surface area (Å²) in [5.74, 6) is 0.0921. The van der Waals surface area contributed by atoms with E-state index in [1.807, 2.05) is 17.2 Å². The number of pyridine rings is 1. The van der Waals surface area contributed by atoms with Crippen LogP contribution in [-0.4, -0.2) is 65.6 Å². The van der Waals surface area contributed by atoms with Gasteiger partial charge >= 0.3 is 0 Å². The molecular formula is C17H26N4O2. The molecule has 3 heterocycles. The lowest BCUT2D eigenvalue weighted by Crippen LogP contribution is -2.61. The second kappa shape index (κ2) is 6.95. The van der Waals surface area contributed by atoms with E-state index in [9.17, 15) is 4.79 Å². The molecule has 2 fully saturated rings. The number of rotatable bonds is 3. The van der Waals surface area contributed by atoms with Crippen LogP contribution in [0.2, 0.25) is 0 Å². The zero-order chi connectivity index (χ0) is 16.3. The van der Waals surface area contributed by atoms with Crippen molar-refractivity contribution in [1.29, 1.82) is 0 Å². The molecular weight excluding hydrogens is 292 g/mol. The first-order chi connectivity index (χ1) is 11.1. The standard InChI is InChI=1S/C17H26N4O2/c1-14(15-3-2-6-19-13-15)20-7-9-21(10-8-20)16(22)17(18)4-11-23-12-5-17/h2-3,6,13-14H,4-5,7-12,18H2,1H3.